The number of β-lactam (4-membered cyclic amide) rings is 1. The molecule has 188 valence electrons. The molecule has 1 aliphatic heterocycles. The molecule has 0 N–H and O–H groups in total. The van der Waals surface area contributed by atoms with Crippen LogP contribution in [0, 0.1) is 20.8 Å². The summed E-state index contributed by atoms with van der Waals surface area (Å²) in [7, 11) is -4.09. The van der Waals surface area contributed by atoms with Crippen molar-refractivity contribution in [1.82, 2.24) is 0 Å². The third-order valence-electron chi connectivity index (χ3n) is 6.38. The van der Waals surface area contributed by atoms with E-state index in [0.29, 0.717) is 17.1 Å². The van der Waals surface area contributed by atoms with Gasteiger partial charge in [0.2, 0.25) is 6.10 Å². The second kappa shape index (κ2) is 9.75. The molecule has 2 atom stereocenters. The number of hydrogen-bond acceptors (Lipinski definition) is 4. The van der Waals surface area contributed by atoms with E-state index in [4.69, 9.17) is 4.74 Å². The molecule has 2 unspecified atom stereocenters. The summed E-state index contributed by atoms with van der Waals surface area (Å²) in [6.45, 7) is 5.74. The average Bonchev–Trinajstić information content (AvgIpc) is 2.88. The molecule has 0 aliphatic carbocycles. The van der Waals surface area contributed by atoms with E-state index in [1.807, 2.05) is 81.4 Å². The minimum absolute atomic E-state index is 0.140. The predicted molar refractivity (Wildman–Crippen MR) is 145 cm³/mol. The van der Waals surface area contributed by atoms with Gasteiger partial charge in [-0.15, -0.1) is 0 Å². The summed E-state index contributed by atoms with van der Waals surface area (Å²) in [5.74, 6) is 0.183. The largest absolute Gasteiger partial charge is 0.476 e. The zero-order valence-electron chi connectivity index (χ0n) is 20.9. The molecule has 1 heterocycles. The molecule has 1 amide bonds. The number of amides is 1. The van der Waals surface area contributed by atoms with Crippen molar-refractivity contribution >= 4 is 27.3 Å². The number of nitrogens with zero attached hydrogens (tertiary/aromatic N) is 2. The summed E-state index contributed by atoms with van der Waals surface area (Å²) < 4.78 is 36.0. The molecular weight excluding hydrogens is 484 g/mol. The molecule has 5 rings (SSSR count). The summed E-state index contributed by atoms with van der Waals surface area (Å²) in [4.78, 5) is 15.2. The highest BCUT2D eigenvalue weighted by molar-refractivity contribution is 7.92. The molecule has 0 spiro atoms. The fourth-order valence-corrected chi connectivity index (χ4v) is 6.10. The van der Waals surface area contributed by atoms with Gasteiger partial charge in [-0.05, 0) is 80.4 Å². The van der Waals surface area contributed by atoms with Crippen molar-refractivity contribution < 1.29 is 17.9 Å². The maximum atomic E-state index is 14.3. The first-order valence-electron chi connectivity index (χ1n) is 12.0. The number of benzene rings is 4. The van der Waals surface area contributed by atoms with Crippen molar-refractivity contribution in [3.05, 3.63) is 120 Å². The Balaban J connectivity index is 1.68. The molecule has 1 fully saturated rings. The molecule has 4 aromatic carbocycles. The number of carbonyl (C=O) groups is 1. The van der Waals surface area contributed by atoms with Gasteiger partial charge in [0.1, 0.15) is 5.75 Å². The van der Waals surface area contributed by atoms with Crippen LogP contribution >= 0.6 is 0 Å². The first kappa shape index (κ1) is 24.6. The Bertz CT molecular complexity index is 1540. The summed E-state index contributed by atoms with van der Waals surface area (Å²) in [5.41, 5.74) is 3.87. The van der Waals surface area contributed by atoms with Crippen molar-refractivity contribution in [2.45, 2.75) is 37.9 Å². The SMILES string of the molecule is Cc1ccc(S(=O)(=O)N(c2cccc(C)c2)C2C(Oc3ccccc3)C(=O)N2c2cccc(C)c2)cc1. The van der Waals surface area contributed by atoms with E-state index in [2.05, 4.69) is 0 Å². The second-order valence-electron chi connectivity index (χ2n) is 9.27. The van der Waals surface area contributed by atoms with Crippen LogP contribution in [0.2, 0.25) is 0 Å². The zero-order valence-corrected chi connectivity index (χ0v) is 21.7. The molecule has 0 aromatic heterocycles. The van der Waals surface area contributed by atoms with E-state index in [-0.39, 0.29) is 10.8 Å². The van der Waals surface area contributed by atoms with Crippen molar-refractivity contribution in [2.24, 2.45) is 0 Å². The lowest BCUT2D eigenvalue weighted by Gasteiger charge is -2.51. The van der Waals surface area contributed by atoms with Crippen molar-refractivity contribution in [3.8, 4) is 5.75 Å². The van der Waals surface area contributed by atoms with Gasteiger partial charge in [-0.3, -0.25) is 9.69 Å². The number of aryl methyl sites for hydroxylation is 3. The Morgan fingerprint density at radius 1 is 0.730 bits per heavy atom. The molecule has 7 heteroatoms. The lowest BCUT2D eigenvalue weighted by molar-refractivity contribution is -0.134. The number of para-hydroxylation sites is 1. The maximum Gasteiger partial charge on any atom is 0.274 e. The van der Waals surface area contributed by atoms with Crippen LogP contribution in [0.25, 0.3) is 0 Å². The molecule has 1 aliphatic rings. The monoisotopic (exact) mass is 512 g/mol. The third-order valence-corrected chi connectivity index (χ3v) is 8.19. The highest BCUT2D eigenvalue weighted by Gasteiger charge is 2.56. The predicted octanol–water partition coefficient (Wildman–Crippen LogP) is 5.63. The second-order valence-corrected chi connectivity index (χ2v) is 11.1. The van der Waals surface area contributed by atoms with Gasteiger partial charge in [0, 0.05) is 5.69 Å². The number of carbonyl (C=O) groups excluding carboxylic acids is 1. The van der Waals surface area contributed by atoms with E-state index in [9.17, 15) is 13.2 Å². The van der Waals surface area contributed by atoms with Crippen molar-refractivity contribution in [2.75, 3.05) is 9.21 Å². The number of anilines is 2. The van der Waals surface area contributed by atoms with E-state index >= 15 is 0 Å². The van der Waals surface area contributed by atoms with Gasteiger partial charge in [0.25, 0.3) is 15.9 Å². The number of sulfonamides is 1. The highest BCUT2D eigenvalue weighted by atomic mass is 32.2. The van der Waals surface area contributed by atoms with Gasteiger partial charge in [-0.2, -0.15) is 0 Å². The van der Waals surface area contributed by atoms with Gasteiger partial charge in [0.05, 0.1) is 10.6 Å². The van der Waals surface area contributed by atoms with E-state index in [1.165, 1.54) is 9.21 Å². The third kappa shape index (κ3) is 4.70. The van der Waals surface area contributed by atoms with Crippen LogP contribution in [0.4, 0.5) is 11.4 Å². The van der Waals surface area contributed by atoms with Crippen LogP contribution in [0.5, 0.6) is 5.75 Å². The van der Waals surface area contributed by atoms with Crippen molar-refractivity contribution in [1.29, 1.82) is 0 Å². The first-order chi connectivity index (χ1) is 17.8. The smallest absolute Gasteiger partial charge is 0.274 e. The van der Waals surface area contributed by atoms with Gasteiger partial charge in [0.15, 0.2) is 6.17 Å². The van der Waals surface area contributed by atoms with Gasteiger partial charge in [-0.1, -0.05) is 60.2 Å². The molecule has 0 radical (unpaired) electrons. The van der Waals surface area contributed by atoms with Gasteiger partial charge < -0.3 is 4.74 Å². The maximum absolute atomic E-state index is 14.3. The molecule has 6 nitrogen and oxygen atoms in total. The summed E-state index contributed by atoms with van der Waals surface area (Å²) in [5, 5.41) is 0. The molecular formula is C30H28N2O4S. The zero-order chi connectivity index (χ0) is 26.2. The van der Waals surface area contributed by atoms with Crippen molar-refractivity contribution in [3.63, 3.8) is 0 Å². The van der Waals surface area contributed by atoms with Crippen LogP contribution in [0.15, 0.2) is 108 Å². The lowest BCUT2D eigenvalue weighted by atomic mass is 10.0. The standard InChI is InChI=1S/C30H28N2O4S/c1-21-15-17-27(18-16-21)37(34,35)32(25-12-8-10-23(3)20-25)29-28(36-26-13-5-4-6-14-26)30(33)31(29)24-11-7-9-22(2)19-24/h4-20,28-29H,1-3H3. The van der Waals surface area contributed by atoms with E-state index < -0.39 is 22.3 Å². The molecule has 0 bridgehead atoms. The van der Waals surface area contributed by atoms with Crippen LogP contribution in [0.3, 0.4) is 0 Å². The highest BCUT2D eigenvalue weighted by Crippen LogP contribution is 2.39. The van der Waals surface area contributed by atoms with Gasteiger partial charge in [-0.25, -0.2) is 12.7 Å². The van der Waals surface area contributed by atoms with Crippen LogP contribution in [-0.4, -0.2) is 26.6 Å². The van der Waals surface area contributed by atoms with E-state index in [0.717, 1.165) is 16.7 Å². The minimum Gasteiger partial charge on any atom is -0.476 e. The number of rotatable bonds is 7. The number of hydrogen-bond donors (Lipinski definition) is 0. The number of ether oxygens (including phenoxy) is 1. The summed E-state index contributed by atoms with van der Waals surface area (Å²) in [6.07, 6.45) is -1.98. The Labute approximate surface area is 217 Å². The molecule has 0 saturated carbocycles. The fraction of sp³-hybridized carbons (Fsp3) is 0.167. The Morgan fingerprint density at radius 2 is 1.38 bits per heavy atom. The van der Waals surface area contributed by atoms with Gasteiger partial charge >= 0.3 is 0 Å². The quantitative estimate of drug-likeness (QED) is 0.301. The Kier molecular flexibility index (Phi) is 6.48. The Morgan fingerprint density at radius 3 is 2.03 bits per heavy atom. The topological polar surface area (TPSA) is 66.9 Å². The molecule has 4 aromatic rings. The van der Waals surface area contributed by atoms with E-state index in [1.54, 1.807) is 42.5 Å². The first-order valence-corrected chi connectivity index (χ1v) is 13.5. The molecule has 37 heavy (non-hydrogen) atoms. The van der Waals surface area contributed by atoms with Crippen LogP contribution in [-0.2, 0) is 14.8 Å². The normalized spacial score (nSPS) is 17.3. The minimum atomic E-state index is -4.09. The summed E-state index contributed by atoms with van der Waals surface area (Å²) >= 11 is 0. The average molecular weight is 513 g/mol. The molecule has 1 saturated heterocycles. The Hall–Kier alpha value is -4.10. The van der Waals surface area contributed by atoms with Crippen LogP contribution in [0.1, 0.15) is 16.7 Å². The lowest BCUT2D eigenvalue weighted by Crippen LogP contribution is -2.74. The van der Waals surface area contributed by atoms with Crippen LogP contribution < -0.4 is 13.9 Å². The fourth-order valence-electron chi connectivity index (χ4n) is 4.51. The summed E-state index contributed by atoms with van der Waals surface area (Å²) in [6, 6.07) is 30.5.